The van der Waals surface area contributed by atoms with Crippen LogP contribution < -0.4 is 11.2 Å². The monoisotopic (exact) mass is 572 g/mol. The van der Waals surface area contributed by atoms with Crippen molar-refractivity contribution >= 4 is 22.0 Å². The summed E-state index contributed by atoms with van der Waals surface area (Å²) in [6.45, 7) is 1.16. The third kappa shape index (κ3) is 8.06. The Morgan fingerprint density at radius 1 is 0.946 bits per heavy atom. The van der Waals surface area contributed by atoms with Crippen molar-refractivity contribution in [2.24, 2.45) is 0 Å². The lowest BCUT2D eigenvalue weighted by atomic mass is 10.2. The quantitative estimate of drug-likeness (QED) is 0.244. The van der Waals surface area contributed by atoms with Gasteiger partial charge in [0.25, 0.3) is 5.56 Å². The van der Waals surface area contributed by atoms with Crippen LogP contribution in [0.2, 0.25) is 0 Å². The fourth-order valence-electron chi connectivity index (χ4n) is 3.92. The van der Waals surface area contributed by atoms with E-state index in [1.54, 1.807) is 11.1 Å². The van der Waals surface area contributed by atoms with Gasteiger partial charge in [-0.2, -0.15) is 0 Å². The molecule has 9 nitrogen and oxygen atoms in total. The molecule has 2 aromatic carbocycles. The number of rotatable bonds is 13. The Morgan fingerprint density at radius 3 is 2.24 bits per heavy atom. The molecule has 3 atom stereocenters. The molecule has 0 aliphatic carbocycles. The van der Waals surface area contributed by atoms with Crippen molar-refractivity contribution in [1.29, 1.82) is 0 Å². The van der Waals surface area contributed by atoms with Crippen molar-refractivity contribution < 1.29 is 23.7 Å². The summed E-state index contributed by atoms with van der Waals surface area (Å²) in [4.78, 5) is 28.5. The summed E-state index contributed by atoms with van der Waals surface area (Å²) < 4.78 is 30.5. The molecule has 37 heavy (non-hydrogen) atoms. The molecule has 0 amide bonds. The number of H-pyrrole nitrogens is 1. The number of aromatic amines is 1. The van der Waals surface area contributed by atoms with Crippen molar-refractivity contribution in [3.63, 3.8) is 0 Å². The number of nitrogens with one attached hydrogen (secondary N) is 1. The SMILES string of the molecule is O=c1[nH]c(=O)n([C@H]2C[C@H](OCOCc3ccccc3)[C@@H](COCOCc3ccccc3)O2)cc1/C=C/Br. The average Bonchev–Trinajstić information content (AvgIpc) is 3.31. The Bertz CT molecular complexity index is 1250. The molecule has 196 valence electrons. The highest BCUT2D eigenvalue weighted by atomic mass is 79.9. The number of aromatic nitrogens is 2. The minimum absolute atomic E-state index is 0.0503. The van der Waals surface area contributed by atoms with E-state index in [4.69, 9.17) is 23.7 Å². The van der Waals surface area contributed by atoms with Gasteiger partial charge in [0.05, 0.1) is 31.5 Å². The van der Waals surface area contributed by atoms with Gasteiger partial charge in [-0.05, 0) is 22.2 Å². The molecule has 1 aliphatic heterocycles. The van der Waals surface area contributed by atoms with E-state index in [2.05, 4.69) is 20.9 Å². The van der Waals surface area contributed by atoms with Gasteiger partial charge in [-0.25, -0.2) is 4.79 Å². The van der Waals surface area contributed by atoms with Crippen LogP contribution in [0.4, 0.5) is 0 Å². The number of benzene rings is 2. The Hall–Kier alpha value is -2.86. The summed E-state index contributed by atoms with van der Waals surface area (Å²) in [5, 5.41) is 0. The molecule has 1 saturated heterocycles. The van der Waals surface area contributed by atoms with E-state index >= 15 is 0 Å². The fourth-order valence-corrected chi connectivity index (χ4v) is 4.21. The van der Waals surface area contributed by atoms with Crippen LogP contribution in [0, 0.1) is 0 Å². The van der Waals surface area contributed by atoms with Gasteiger partial charge in [0.15, 0.2) is 0 Å². The highest BCUT2D eigenvalue weighted by Gasteiger charge is 2.38. The number of hydrogen-bond donors (Lipinski definition) is 1. The third-order valence-corrected chi connectivity index (χ3v) is 6.03. The normalized spacial score (nSPS) is 19.5. The number of ether oxygens (including phenoxy) is 5. The van der Waals surface area contributed by atoms with Crippen LogP contribution in [0.1, 0.15) is 29.3 Å². The number of hydrogen-bond acceptors (Lipinski definition) is 7. The van der Waals surface area contributed by atoms with Gasteiger partial charge in [-0.15, -0.1) is 0 Å². The second-order valence-electron chi connectivity index (χ2n) is 8.39. The van der Waals surface area contributed by atoms with Crippen LogP contribution in [-0.4, -0.2) is 42.0 Å². The van der Waals surface area contributed by atoms with Gasteiger partial charge in [-0.3, -0.25) is 14.3 Å². The van der Waals surface area contributed by atoms with Gasteiger partial charge in [-0.1, -0.05) is 76.6 Å². The Labute approximate surface area is 222 Å². The number of halogens is 1. The second kappa shape index (κ2) is 14.2. The van der Waals surface area contributed by atoms with Crippen molar-refractivity contribution in [1.82, 2.24) is 9.55 Å². The lowest BCUT2D eigenvalue weighted by molar-refractivity contribution is -0.145. The zero-order valence-corrected chi connectivity index (χ0v) is 21.7. The van der Waals surface area contributed by atoms with E-state index in [9.17, 15) is 9.59 Å². The van der Waals surface area contributed by atoms with Crippen LogP contribution in [0.3, 0.4) is 0 Å². The zero-order chi connectivity index (χ0) is 25.9. The summed E-state index contributed by atoms with van der Waals surface area (Å²) >= 11 is 3.16. The van der Waals surface area contributed by atoms with E-state index in [1.807, 2.05) is 60.7 Å². The molecule has 0 unspecified atom stereocenters. The first-order valence-electron chi connectivity index (χ1n) is 11.8. The molecule has 10 heteroatoms. The van der Waals surface area contributed by atoms with Gasteiger partial charge in [0.2, 0.25) is 0 Å². The van der Waals surface area contributed by atoms with Gasteiger partial charge in [0, 0.05) is 12.6 Å². The summed E-state index contributed by atoms with van der Waals surface area (Å²) in [6.07, 6.45) is 1.88. The largest absolute Gasteiger partial charge is 0.353 e. The van der Waals surface area contributed by atoms with Crippen molar-refractivity contribution in [3.05, 3.63) is 109 Å². The van der Waals surface area contributed by atoms with E-state index in [0.717, 1.165) is 11.1 Å². The first-order chi connectivity index (χ1) is 18.1. The molecule has 1 aliphatic rings. The van der Waals surface area contributed by atoms with Crippen molar-refractivity contribution in [2.75, 3.05) is 20.2 Å². The van der Waals surface area contributed by atoms with E-state index < -0.39 is 29.7 Å². The molecule has 2 heterocycles. The van der Waals surface area contributed by atoms with Crippen molar-refractivity contribution in [3.8, 4) is 0 Å². The second-order valence-corrected chi connectivity index (χ2v) is 8.92. The maximum atomic E-state index is 12.5. The topological polar surface area (TPSA) is 101 Å². The molecule has 3 aromatic rings. The van der Waals surface area contributed by atoms with Crippen LogP contribution >= 0.6 is 15.9 Å². The summed E-state index contributed by atoms with van der Waals surface area (Å²) in [7, 11) is 0. The predicted octanol–water partition coefficient (Wildman–Crippen LogP) is 3.94. The predicted molar refractivity (Wildman–Crippen MR) is 141 cm³/mol. The van der Waals surface area contributed by atoms with E-state index in [0.29, 0.717) is 25.2 Å². The fraction of sp³-hybridized carbons (Fsp3) is 0.333. The van der Waals surface area contributed by atoms with Crippen molar-refractivity contribution in [2.45, 2.75) is 38.1 Å². The molecule has 0 spiro atoms. The first kappa shape index (κ1) is 27.2. The average molecular weight is 573 g/mol. The molecule has 1 N–H and O–H groups in total. The van der Waals surface area contributed by atoms with Gasteiger partial charge >= 0.3 is 5.69 Å². The lowest BCUT2D eigenvalue weighted by Crippen LogP contribution is -2.33. The highest BCUT2D eigenvalue weighted by molar-refractivity contribution is 9.11. The molecule has 0 saturated carbocycles. The zero-order valence-electron chi connectivity index (χ0n) is 20.2. The van der Waals surface area contributed by atoms with Crippen LogP contribution in [0.25, 0.3) is 6.08 Å². The minimum Gasteiger partial charge on any atom is -0.353 e. The molecule has 0 radical (unpaired) electrons. The smallest absolute Gasteiger partial charge is 0.330 e. The summed E-state index contributed by atoms with van der Waals surface area (Å²) in [6, 6.07) is 19.6. The maximum Gasteiger partial charge on any atom is 0.330 e. The van der Waals surface area contributed by atoms with E-state index in [1.165, 1.54) is 10.8 Å². The third-order valence-electron chi connectivity index (χ3n) is 5.77. The van der Waals surface area contributed by atoms with Crippen LogP contribution in [0.15, 0.2) is 81.4 Å². The first-order valence-corrected chi connectivity index (χ1v) is 12.8. The molecule has 1 aromatic heterocycles. The maximum absolute atomic E-state index is 12.5. The molecule has 0 bridgehead atoms. The lowest BCUT2D eigenvalue weighted by Gasteiger charge is -2.19. The summed E-state index contributed by atoms with van der Waals surface area (Å²) in [5.41, 5.74) is 1.36. The van der Waals surface area contributed by atoms with Gasteiger partial charge in [0.1, 0.15) is 25.9 Å². The van der Waals surface area contributed by atoms with Crippen LogP contribution in [0.5, 0.6) is 0 Å². The minimum atomic E-state index is -0.648. The molecular weight excluding hydrogens is 544 g/mol. The molecule has 4 rings (SSSR count). The standard InChI is InChI=1S/C27H29BrN2O7/c28-12-11-22-14-30(27(32)29-26(22)31)25-13-23(36-19-34-16-21-9-5-2-6-10-21)24(37-25)17-35-18-33-15-20-7-3-1-4-8-20/h1-12,14,23-25H,13,15-19H2,(H,29,31,32)/b12-11+/t23-,24+,25+/m0/s1. The van der Waals surface area contributed by atoms with Gasteiger partial charge < -0.3 is 23.7 Å². The Morgan fingerprint density at radius 2 is 1.59 bits per heavy atom. The molecular formula is C27H29BrN2O7. The Kier molecular flexibility index (Phi) is 10.4. The number of nitrogens with zero attached hydrogens (tertiary/aromatic N) is 1. The highest BCUT2D eigenvalue weighted by Crippen LogP contribution is 2.30. The Balaban J connectivity index is 1.36. The molecule has 1 fully saturated rings. The van der Waals surface area contributed by atoms with E-state index in [-0.39, 0.29) is 20.2 Å². The summed E-state index contributed by atoms with van der Waals surface area (Å²) in [5.74, 6) is 0. The van der Waals surface area contributed by atoms with Crippen LogP contribution in [-0.2, 0) is 36.9 Å².